The lowest BCUT2D eigenvalue weighted by atomic mass is 10.1. The van der Waals surface area contributed by atoms with Gasteiger partial charge in [0.05, 0.1) is 11.7 Å². The van der Waals surface area contributed by atoms with Crippen LogP contribution >= 0.6 is 0 Å². The van der Waals surface area contributed by atoms with Crippen molar-refractivity contribution >= 4 is 5.91 Å². The molecule has 1 aliphatic heterocycles. The molecular formula is C16H19N3O3. The van der Waals surface area contributed by atoms with Crippen molar-refractivity contribution in [3.05, 3.63) is 36.3 Å². The minimum atomic E-state index is -0.358. The molecule has 1 aliphatic rings. The zero-order valence-electron chi connectivity index (χ0n) is 12.9. The average molecular weight is 301 g/mol. The van der Waals surface area contributed by atoms with Gasteiger partial charge in [-0.3, -0.25) is 9.78 Å². The molecule has 0 bridgehead atoms. The highest BCUT2D eigenvalue weighted by Crippen LogP contribution is 2.24. The van der Waals surface area contributed by atoms with Crippen molar-refractivity contribution in [2.75, 3.05) is 13.1 Å². The number of pyridine rings is 1. The minimum Gasteiger partial charge on any atom is -0.369 e. The molecule has 0 aromatic carbocycles. The Balaban J connectivity index is 1.80. The highest BCUT2D eigenvalue weighted by molar-refractivity contribution is 5.93. The fourth-order valence-corrected chi connectivity index (χ4v) is 2.79. The topological polar surface area (TPSA) is 68.5 Å². The molecule has 1 amide bonds. The van der Waals surface area contributed by atoms with Crippen molar-refractivity contribution in [3.63, 3.8) is 0 Å². The summed E-state index contributed by atoms with van der Waals surface area (Å²) in [6, 6.07) is 5.33. The third kappa shape index (κ3) is 3.01. The predicted octanol–water partition coefficient (Wildman–Crippen LogP) is 2.38. The molecule has 0 saturated carbocycles. The molecule has 1 fully saturated rings. The molecule has 22 heavy (non-hydrogen) atoms. The number of hydrogen-bond donors (Lipinski definition) is 0. The summed E-state index contributed by atoms with van der Waals surface area (Å²) >= 11 is 0. The fourth-order valence-electron chi connectivity index (χ4n) is 2.79. The molecule has 0 spiro atoms. The van der Waals surface area contributed by atoms with E-state index >= 15 is 0 Å². The van der Waals surface area contributed by atoms with Crippen LogP contribution in [0.5, 0.6) is 0 Å². The summed E-state index contributed by atoms with van der Waals surface area (Å²) < 4.78 is 11.1. The summed E-state index contributed by atoms with van der Waals surface area (Å²) in [6.45, 7) is 7.01. The van der Waals surface area contributed by atoms with E-state index in [-0.39, 0.29) is 17.6 Å². The largest absolute Gasteiger partial charge is 0.369 e. The van der Waals surface area contributed by atoms with Crippen LogP contribution in [0.3, 0.4) is 0 Å². The third-order valence-electron chi connectivity index (χ3n) is 3.53. The van der Waals surface area contributed by atoms with Crippen LogP contribution in [0.2, 0.25) is 0 Å². The van der Waals surface area contributed by atoms with E-state index < -0.39 is 0 Å². The predicted molar refractivity (Wildman–Crippen MR) is 80.3 cm³/mol. The van der Waals surface area contributed by atoms with Crippen LogP contribution in [-0.4, -0.2) is 45.7 Å². The minimum absolute atomic E-state index is 0.00241. The van der Waals surface area contributed by atoms with E-state index in [1.807, 2.05) is 32.9 Å². The molecule has 6 heteroatoms. The van der Waals surface area contributed by atoms with Gasteiger partial charge in [-0.25, -0.2) is 0 Å². The summed E-state index contributed by atoms with van der Waals surface area (Å²) in [7, 11) is 0. The number of nitrogens with zero attached hydrogens (tertiary/aromatic N) is 3. The van der Waals surface area contributed by atoms with E-state index in [0.29, 0.717) is 24.5 Å². The van der Waals surface area contributed by atoms with Crippen LogP contribution in [0, 0.1) is 0 Å². The van der Waals surface area contributed by atoms with Crippen LogP contribution in [0.25, 0.3) is 11.3 Å². The van der Waals surface area contributed by atoms with Gasteiger partial charge in [0.2, 0.25) is 0 Å². The first-order chi connectivity index (χ1) is 10.4. The quantitative estimate of drug-likeness (QED) is 0.852. The SMILES string of the molecule is C[C@H]1CN(C(=O)c2cc(-c3cccnc3)on2)CC(C)(C)O1. The maximum atomic E-state index is 12.6. The van der Waals surface area contributed by atoms with Gasteiger partial charge in [0.25, 0.3) is 5.91 Å². The zero-order chi connectivity index (χ0) is 15.7. The van der Waals surface area contributed by atoms with Crippen molar-refractivity contribution < 1.29 is 14.1 Å². The van der Waals surface area contributed by atoms with Crippen molar-refractivity contribution in [1.82, 2.24) is 15.0 Å². The number of aromatic nitrogens is 2. The molecule has 3 heterocycles. The van der Waals surface area contributed by atoms with E-state index in [1.165, 1.54) is 0 Å². The van der Waals surface area contributed by atoms with Crippen LogP contribution in [0.15, 0.2) is 35.1 Å². The summed E-state index contributed by atoms with van der Waals surface area (Å²) in [4.78, 5) is 18.4. The van der Waals surface area contributed by atoms with Gasteiger partial charge in [0.1, 0.15) is 0 Å². The Morgan fingerprint density at radius 1 is 1.45 bits per heavy atom. The standard InChI is InChI=1S/C16H19N3O3/c1-11-9-19(10-16(2,3)21-11)15(20)13-7-14(22-18-13)12-5-4-6-17-8-12/h4-8,11H,9-10H2,1-3H3/t11-/m0/s1. The molecule has 0 aliphatic carbocycles. The first-order valence-electron chi connectivity index (χ1n) is 7.29. The van der Waals surface area contributed by atoms with Crippen molar-refractivity contribution in [2.24, 2.45) is 0 Å². The van der Waals surface area contributed by atoms with Gasteiger partial charge in [-0.2, -0.15) is 0 Å². The monoisotopic (exact) mass is 301 g/mol. The van der Waals surface area contributed by atoms with Gasteiger partial charge in [0.15, 0.2) is 11.5 Å². The molecule has 2 aromatic heterocycles. The van der Waals surface area contributed by atoms with Crippen LogP contribution < -0.4 is 0 Å². The Kier molecular flexibility index (Phi) is 3.70. The van der Waals surface area contributed by atoms with E-state index in [4.69, 9.17) is 9.26 Å². The van der Waals surface area contributed by atoms with Gasteiger partial charge in [-0.1, -0.05) is 5.16 Å². The Hall–Kier alpha value is -2.21. The molecule has 1 saturated heterocycles. The second kappa shape index (κ2) is 5.53. The average Bonchev–Trinajstić information content (AvgIpc) is 2.95. The summed E-state index contributed by atoms with van der Waals surface area (Å²) in [5.41, 5.74) is 0.747. The molecule has 116 valence electrons. The smallest absolute Gasteiger partial charge is 0.276 e. The number of amides is 1. The lowest BCUT2D eigenvalue weighted by Gasteiger charge is -2.41. The van der Waals surface area contributed by atoms with E-state index in [0.717, 1.165) is 5.56 Å². The molecule has 1 atom stereocenters. The maximum absolute atomic E-state index is 12.6. The molecule has 0 N–H and O–H groups in total. The number of carbonyl (C=O) groups is 1. The van der Waals surface area contributed by atoms with Crippen LogP contribution in [-0.2, 0) is 4.74 Å². The Morgan fingerprint density at radius 3 is 2.95 bits per heavy atom. The first-order valence-corrected chi connectivity index (χ1v) is 7.29. The normalized spacial score (nSPS) is 20.9. The van der Waals surface area contributed by atoms with Crippen molar-refractivity contribution in [2.45, 2.75) is 32.5 Å². The molecule has 6 nitrogen and oxygen atoms in total. The molecule has 0 radical (unpaired) electrons. The highest BCUT2D eigenvalue weighted by atomic mass is 16.5. The van der Waals surface area contributed by atoms with Gasteiger partial charge >= 0.3 is 0 Å². The van der Waals surface area contributed by atoms with Gasteiger partial charge in [-0.15, -0.1) is 0 Å². The summed E-state index contributed by atoms with van der Waals surface area (Å²) in [6.07, 6.45) is 3.36. The van der Waals surface area contributed by atoms with E-state index in [9.17, 15) is 4.79 Å². The lowest BCUT2D eigenvalue weighted by molar-refractivity contribution is -0.119. The van der Waals surface area contributed by atoms with Crippen molar-refractivity contribution in [3.8, 4) is 11.3 Å². The Morgan fingerprint density at radius 2 is 2.27 bits per heavy atom. The van der Waals surface area contributed by atoms with Gasteiger partial charge < -0.3 is 14.2 Å². The number of ether oxygens (including phenoxy) is 1. The van der Waals surface area contributed by atoms with Crippen LogP contribution in [0.1, 0.15) is 31.3 Å². The highest BCUT2D eigenvalue weighted by Gasteiger charge is 2.35. The zero-order valence-corrected chi connectivity index (χ0v) is 12.9. The van der Waals surface area contributed by atoms with E-state index in [2.05, 4.69) is 10.1 Å². The summed E-state index contributed by atoms with van der Waals surface area (Å²) in [5.74, 6) is 0.402. The van der Waals surface area contributed by atoms with Crippen molar-refractivity contribution in [1.29, 1.82) is 0 Å². The summed E-state index contributed by atoms with van der Waals surface area (Å²) in [5, 5.41) is 3.91. The van der Waals surface area contributed by atoms with E-state index in [1.54, 1.807) is 23.4 Å². The number of carbonyl (C=O) groups excluding carboxylic acids is 1. The molecule has 0 unspecified atom stereocenters. The maximum Gasteiger partial charge on any atom is 0.276 e. The van der Waals surface area contributed by atoms with Gasteiger partial charge in [0, 0.05) is 37.1 Å². The number of morpholine rings is 1. The molecular weight excluding hydrogens is 282 g/mol. The number of rotatable bonds is 2. The second-order valence-electron chi connectivity index (χ2n) is 6.19. The first kappa shape index (κ1) is 14.7. The van der Waals surface area contributed by atoms with Gasteiger partial charge in [-0.05, 0) is 32.9 Å². The Labute approximate surface area is 129 Å². The lowest BCUT2D eigenvalue weighted by Crippen LogP contribution is -2.53. The molecule has 3 rings (SSSR count). The Bertz CT molecular complexity index is 666. The van der Waals surface area contributed by atoms with Crippen LogP contribution in [0.4, 0.5) is 0 Å². The second-order valence-corrected chi connectivity index (χ2v) is 6.19. The molecule has 2 aromatic rings. The third-order valence-corrected chi connectivity index (χ3v) is 3.53. The number of hydrogen-bond acceptors (Lipinski definition) is 5. The fraction of sp³-hybridized carbons (Fsp3) is 0.438.